The van der Waals surface area contributed by atoms with Gasteiger partial charge in [-0.2, -0.15) is 0 Å². The molecule has 0 bridgehead atoms. The SMILES string of the molecule is CC(=O)N[C@H]1[C@H](O[C@@H]2[C@@H](O)[C@@H](O)[C@@H](C(N)=O)O[C@@H]2O)O[C@H](CO)[C@@H](O)[C@@H]1O. The van der Waals surface area contributed by atoms with Crippen LogP contribution in [-0.4, -0.2) is 110 Å². The molecule has 9 N–H and O–H groups in total. The van der Waals surface area contributed by atoms with E-state index in [-0.39, 0.29) is 0 Å². The lowest BCUT2D eigenvalue weighted by molar-refractivity contribution is -0.342. The Kier molecular flexibility index (Phi) is 7.07. The van der Waals surface area contributed by atoms with Crippen molar-refractivity contribution in [2.45, 2.75) is 68.3 Å². The van der Waals surface area contributed by atoms with Crippen molar-refractivity contribution >= 4 is 11.8 Å². The van der Waals surface area contributed by atoms with Crippen LogP contribution < -0.4 is 11.1 Å². The Labute approximate surface area is 153 Å². The van der Waals surface area contributed by atoms with Crippen LogP contribution in [-0.2, 0) is 23.8 Å². The molecule has 13 nitrogen and oxygen atoms in total. The highest BCUT2D eigenvalue weighted by molar-refractivity contribution is 5.79. The molecule has 156 valence electrons. The number of hydrogen-bond donors (Lipinski definition) is 8. The minimum absolute atomic E-state index is 0.610. The third kappa shape index (κ3) is 4.53. The number of aliphatic hydroxyl groups excluding tert-OH is 6. The average molecular weight is 396 g/mol. The molecule has 0 aromatic rings. The number of amides is 2. The number of primary amides is 1. The molecule has 0 unspecified atom stereocenters. The van der Waals surface area contributed by atoms with Crippen LogP contribution >= 0.6 is 0 Å². The largest absolute Gasteiger partial charge is 0.394 e. The number of aliphatic hydroxyl groups is 6. The van der Waals surface area contributed by atoms with E-state index in [1.54, 1.807) is 0 Å². The smallest absolute Gasteiger partial charge is 0.249 e. The monoisotopic (exact) mass is 396 g/mol. The predicted molar refractivity (Wildman–Crippen MR) is 82.3 cm³/mol. The van der Waals surface area contributed by atoms with Gasteiger partial charge in [-0.05, 0) is 0 Å². The molecule has 0 spiro atoms. The first-order chi connectivity index (χ1) is 12.6. The van der Waals surface area contributed by atoms with Gasteiger partial charge in [0, 0.05) is 6.92 Å². The molecule has 10 atom stereocenters. The highest BCUT2D eigenvalue weighted by atomic mass is 16.7. The van der Waals surface area contributed by atoms with Crippen LogP contribution in [0.1, 0.15) is 6.92 Å². The summed E-state index contributed by atoms with van der Waals surface area (Å²) in [5, 5.41) is 61.7. The molecule has 0 aromatic carbocycles. The van der Waals surface area contributed by atoms with Gasteiger partial charge in [0.15, 0.2) is 18.7 Å². The second-order valence-electron chi connectivity index (χ2n) is 6.36. The van der Waals surface area contributed by atoms with Crippen molar-refractivity contribution in [3.05, 3.63) is 0 Å². The molecule has 27 heavy (non-hydrogen) atoms. The van der Waals surface area contributed by atoms with Gasteiger partial charge in [0.2, 0.25) is 11.8 Å². The van der Waals surface area contributed by atoms with Crippen molar-refractivity contribution in [2.24, 2.45) is 5.73 Å². The highest BCUT2D eigenvalue weighted by Gasteiger charge is 2.51. The van der Waals surface area contributed by atoms with Crippen molar-refractivity contribution in [2.75, 3.05) is 6.61 Å². The second-order valence-corrected chi connectivity index (χ2v) is 6.36. The van der Waals surface area contributed by atoms with Crippen LogP contribution in [0, 0.1) is 0 Å². The Bertz CT molecular complexity index is 549. The molecular weight excluding hydrogens is 372 g/mol. The van der Waals surface area contributed by atoms with Crippen molar-refractivity contribution in [1.82, 2.24) is 5.32 Å². The zero-order valence-corrected chi connectivity index (χ0v) is 14.3. The van der Waals surface area contributed by atoms with Crippen LogP contribution in [0.15, 0.2) is 0 Å². The fraction of sp³-hybridized carbons (Fsp3) is 0.857. The number of nitrogens with two attached hydrogens (primary N) is 1. The lowest BCUT2D eigenvalue weighted by atomic mass is 9.95. The molecule has 2 aliphatic rings. The summed E-state index contributed by atoms with van der Waals surface area (Å²) in [5.41, 5.74) is 5.01. The van der Waals surface area contributed by atoms with Gasteiger partial charge in [-0.15, -0.1) is 0 Å². The van der Waals surface area contributed by atoms with Gasteiger partial charge in [0.05, 0.1) is 6.61 Å². The number of carbonyl (C=O) groups excluding carboxylic acids is 2. The van der Waals surface area contributed by atoms with Gasteiger partial charge >= 0.3 is 0 Å². The number of rotatable bonds is 5. The topological polar surface area (TPSA) is 221 Å². The van der Waals surface area contributed by atoms with Gasteiger partial charge in [-0.3, -0.25) is 9.59 Å². The first kappa shape index (κ1) is 21.9. The minimum Gasteiger partial charge on any atom is -0.394 e. The van der Waals surface area contributed by atoms with Gasteiger partial charge < -0.3 is 55.9 Å². The van der Waals surface area contributed by atoms with E-state index in [0.29, 0.717) is 0 Å². The summed E-state index contributed by atoms with van der Waals surface area (Å²) >= 11 is 0. The summed E-state index contributed by atoms with van der Waals surface area (Å²) in [4.78, 5) is 22.6. The van der Waals surface area contributed by atoms with E-state index in [4.69, 9.17) is 19.9 Å². The molecule has 2 amide bonds. The summed E-state index contributed by atoms with van der Waals surface area (Å²) < 4.78 is 15.5. The van der Waals surface area contributed by atoms with E-state index in [1.807, 2.05) is 0 Å². The Morgan fingerprint density at radius 1 is 1.04 bits per heavy atom. The summed E-state index contributed by atoms with van der Waals surface area (Å²) in [6.45, 7) is 0.423. The third-order valence-electron chi connectivity index (χ3n) is 4.39. The lowest BCUT2D eigenvalue weighted by Gasteiger charge is -2.46. The lowest BCUT2D eigenvalue weighted by Crippen LogP contribution is -2.68. The van der Waals surface area contributed by atoms with E-state index in [2.05, 4.69) is 5.32 Å². The second kappa shape index (κ2) is 8.72. The fourth-order valence-electron chi connectivity index (χ4n) is 2.97. The highest BCUT2D eigenvalue weighted by Crippen LogP contribution is 2.28. The normalized spacial score (nSPS) is 45.3. The van der Waals surface area contributed by atoms with E-state index in [1.165, 1.54) is 0 Å². The standard InChI is InChI=1S/C14H24N2O11/c1-3(18)16-5-7(20)6(19)4(2-17)25-14(5)27-11-9(22)8(21)10(12(15)23)26-13(11)24/h4-11,13-14,17,19-22,24H,2H2,1H3,(H2,15,23)(H,16,18)/t4-,5-,6-,7-,8-,9+,10+,11-,13+,14+/m1/s1. The zero-order valence-electron chi connectivity index (χ0n) is 14.3. The maximum absolute atomic E-state index is 11.4. The van der Waals surface area contributed by atoms with Crippen LogP contribution in [0.4, 0.5) is 0 Å². The maximum Gasteiger partial charge on any atom is 0.249 e. The van der Waals surface area contributed by atoms with Gasteiger partial charge in [-0.25, -0.2) is 0 Å². The molecule has 2 fully saturated rings. The average Bonchev–Trinajstić information content (AvgIpc) is 2.60. The van der Waals surface area contributed by atoms with E-state index in [9.17, 15) is 40.2 Å². The summed E-state index contributed by atoms with van der Waals surface area (Å²) in [6, 6.07) is -1.34. The minimum atomic E-state index is -1.92. The van der Waals surface area contributed by atoms with Crippen molar-refractivity contribution < 1.29 is 54.4 Å². The molecule has 2 aliphatic heterocycles. The number of carbonyl (C=O) groups is 2. The summed E-state index contributed by atoms with van der Waals surface area (Å²) in [6.07, 6.45) is -15.0. The first-order valence-corrected chi connectivity index (χ1v) is 8.12. The van der Waals surface area contributed by atoms with Crippen molar-refractivity contribution in [1.29, 1.82) is 0 Å². The predicted octanol–water partition coefficient (Wildman–Crippen LogP) is -5.76. The van der Waals surface area contributed by atoms with Gasteiger partial charge in [0.1, 0.15) is 42.7 Å². The molecule has 0 aromatic heterocycles. The number of ether oxygens (including phenoxy) is 3. The van der Waals surface area contributed by atoms with Crippen LogP contribution in [0.25, 0.3) is 0 Å². The third-order valence-corrected chi connectivity index (χ3v) is 4.39. The molecule has 0 aliphatic carbocycles. The molecule has 0 saturated carbocycles. The summed E-state index contributed by atoms with van der Waals surface area (Å²) in [7, 11) is 0. The van der Waals surface area contributed by atoms with Gasteiger partial charge in [-0.1, -0.05) is 0 Å². The van der Waals surface area contributed by atoms with E-state index < -0.39 is 79.8 Å². The molecule has 13 heteroatoms. The quantitative estimate of drug-likeness (QED) is 0.219. The number of hydrogen-bond acceptors (Lipinski definition) is 11. The van der Waals surface area contributed by atoms with E-state index in [0.717, 1.165) is 6.92 Å². The van der Waals surface area contributed by atoms with Crippen molar-refractivity contribution in [3.63, 3.8) is 0 Å². The Morgan fingerprint density at radius 3 is 2.19 bits per heavy atom. The fourth-order valence-corrected chi connectivity index (χ4v) is 2.97. The van der Waals surface area contributed by atoms with E-state index >= 15 is 0 Å². The van der Waals surface area contributed by atoms with Gasteiger partial charge in [0.25, 0.3) is 0 Å². The summed E-state index contributed by atoms with van der Waals surface area (Å²) in [5.74, 6) is -1.73. The van der Waals surface area contributed by atoms with Crippen LogP contribution in [0.5, 0.6) is 0 Å². The zero-order chi connectivity index (χ0) is 20.5. The Hall–Kier alpha value is -1.42. The first-order valence-electron chi connectivity index (χ1n) is 8.12. The molecule has 2 saturated heterocycles. The molecule has 0 radical (unpaired) electrons. The maximum atomic E-state index is 11.4. The Morgan fingerprint density at radius 2 is 1.67 bits per heavy atom. The van der Waals surface area contributed by atoms with Crippen LogP contribution in [0.2, 0.25) is 0 Å². The molecular formula is C14H24N2O11. The van der Waals surface area contributed by atoms with Crippen molar-refractivity contribution in [3.8, 4) is 0 Å². The Balaban J connectivity index is 2.20. The molecule has 2 rings (SSSR count). The molecule has 2 heterocycles. The van der Waals surface area contributed by atoms with Crippen LogP contribution in [0.3, 0.4) is 0 Å². The number of nitrogens with one attached hydrogen (secondary N) is 1.